The fourth-order valence-electron chi connectivity index (χ4n) is 10.6. The normalized spacial score (nSPS) is 15.5. The molecule has 5 aromatic rings. The molecule has 26 heteroatoms. The van der Waals surface area contributed by atoms with Crippen molar-refractivity contribution in [2.75, 3.05) is 70.5 Å². The Balaban J connectivity index is 1.12. The Labute approximate surface area is 517 Å². The van der Waals surface area contributed by atoms with Gasteiger partial charge in [0, 0.05) is 79.9 Å². The van der Waals surface area contributed by atoms with Crippen LogP contribution in [0.3, 0.4) is 0 Å². The van der Waals surface area contributed by atoms with Crippen molar-refractivity contribution >= 4 is 99.2 Å². The second kappa shape index (κ2) is 31.1. The molecule has 0 radical (unpaired) electrons. The zero-order valence-corrected chi connectivity index (χ0v) is 53.8. The van der Waals surface area contributed by atoms with Crippen LogP contribution < -0.4 is 31.4 Å². The van der Waals surface area contributed by atoms with Gasteiger partial charge in [0.05, 0.1) is 39.4 Å². The van der Waals surface area contributed by atoms with E-state index in [0.29, 0.717) is 77.0 Å². The lowest BCUT2D eigenvalue weighted by atomic mass is 9.76. The van der Waals surface area contributed by atoms with E-state index in [4.69, 9.17) is 9.47 Å². The van der Waals surface area contributed by atoms with Crippen LogP contribution in [-0.4, -0.2) is 146 Å². The van der Waals surface area contributed by atoms with Gasteiger partial charge in [-0.3, -0.25) is 27.8 Å². The van der Waals surface area contributed by atoms with Gasteiger partial charge in [0.2, 0.25) is 11.6 Å². The molecule has 6 N–H and O–H groups in total. The molecule has 1 aliphatic rings. The minimum atomic E-state index is -4.73. The van der Waals surface area contributed by atoms with E-state index in [-0.39, 0.29) is 68.5 Å². The van der Waals surface area contributed by atoms with Gasteiger partial charge in [-0.05, 0) is 118 Å². The number of nitrogens with one attached hydrogen (secondary N) is 2. The summed E-state index contributed by atoms with van der Waals surface area (Å²) in [6, 6.07) is 32.6. The lowest BCUT2D eigenvalue weighted by Crippen LogP contribution is -2.35. The van der Waals surface area contributed by atoms with Crippen LogP contribution in [0.25, 0.3) is 0 Å². The molecule has 0 bridgehead atoms. The summed E-state index contributed by atoms with van der Waals surface area (Å²) in [5.41, 5.74) is 1.18. The first-order valence-electron chi connectivity index (χ1n) is 28.2. The number of benzene rings is 5. The average molecular weight is 1310 g/mol. The first kappa shape index (κ1) is 70.3. The second-order valence-corrected chi connectivity index (χ2v) is 29.7. The Bertz CT molecular complexity index is 3860. The maximum atomic E-state index is 13.5. The lowest BCUT2D eigenvalue weighted by molar-refractivity contribution is -0.441. The first-order valence-corrected chi connectivity index (χ1v) is 35.6. The average Bonchev–Trinajstić information content (AvgIpc) is 1.69. The Morgan fingerprint density at radius 3 is 1.91 bits per heavy atom. The van der Waals surface area contributed by atoms with E-state index in [9.17, 15) is 66.3 Å². The van der Waals surface area contributed by atoms with Crippen molar-refractivity contribution in [2.24, 2.45) is 0 Å². The van der Waals surface area contributed by atoms with E-state index in [1.807, 2.05) is 70.1 Å². The number of esters is 1. The maximum Gasteiger partial charge on any atom is 0.338 e. The predicted octanol–water partition coefficient (Wildman–Crippen LogP) is 7.23. The minimum Gasteiger partial charge on any atom is -0.465 e. The zero-order valence-electron chi connectivity index (χ0n) is 49.6. The van der Waals surface area contributed by atoms with E-state index >= 15 is 0 Å². The molecule has 0 saturated heterocycles. The lowest BCUT2D eigenvalue weighted by Gasteiger charge is -2.33. The molecule has 88 heavy (non-hydrogen) atoms. The molecule has 21 nitrogen and oxygen atoms in total. The van der Waals surface area contributed by atoms with E-state index in [1.54, 1.807) is 87.7 Å². The van der Waals surface area contributed by atoms with Crippen LogP contribution >= 0.6 is 7.92 Å². The number of carbonyl (C=O) groups is 3. The number of amides is 2. The number of nitrogens with zero attached hydrogens (tertiary/aromatic N) is 2. The number of allylic oxidation sites excluding steroid dienone is 6. The van der Waals surface area contributed by atoms with Gasteiger partial charge in [-0.15, -0.1) is 0 Å². The highest BCUT2D eigenvalue weighted by Gasteiger charge is 2.48. The number of unbranched alkanes of at least 4 members (excludes halogenated alkanes) is 2. The van der Waals surface area contributed by atoms with Crippen molar-refractivity contribution in [3.63, 3.8) is 0 Å². The third-order valence-electron chi connectivity index (χ3n) is 15.1. The van der Waals surface area contributed by atoms with Crippen LogP contribution in [0.15, 0.2) is 162 Å². The number of hydrogen-bond donors (Lipinski definition) is 6. The second-order valence-electron chi connectivity index (χ2n) is 21.5. The Morgan fingerprint density at radius 1 is 0.693 bits per heavy atom. The molecule has 2 amide bonds. The Morgan fingerprint density at radius 2 is 1.30 bits per heavy atom. The van der Waals surface area contributed by atoms with Gasteiger partial charge in [0.1, 0.15) is 6.61 Å². The highest BCUT2D eigenvalue weighted by molar-refractivity contribution is 7.86. The molecule has 0 spiro atoms. The van der Waals surface area contributed by atoms with Crippen molar-refractivity contribution in [3.8, 4) is 0 Å². The molecule has 0 fully saturated rings. The van der Waals surface area contributed by atoms with Crippen molar-refractivity contribution in [3.05, 3.63) is 174 Å². The van der Waals surface area contributed by atoms with Crippen LogP contribution in [0.2, 0.25) is 0 Å². The largest absolute Gasteiger partial charge is 0.465 e. The SMILES string of the molecule is COCC[N+]1=C(/C=C/C=C/C=C\C(C)(CCCS(=O)(=O)O)c2cc(S(=O)(=O)O)ccc2N(C)CCCCCC(=O)NCCNC(=O)c2ccc(C(=O)OC)c(P(c3ccccc3)c3ccccc3)c2)C(C)(CCCS(=O)(=O)O)c2cc(S(=O)(=O)O)ccc21. The van der Waals surface area contributed by atoms with Gasteiger partial charge < -0.3 is 25.0 Å². The fourth-order valence-corrected chi connectivity index (χ4v) is 15.1. The van der Waals surface area contributed by atoms with Gasteiger partial charge in [0.15, 0.2) is 12.3 Å². The Hall–Kier alpha value is -6.77. The number of rotatable bonds is 33. The van der Waals surface area contributed by atoms with Crippen LogP contribution in [0.1, 0.15) is 97.1 Å². The number of anilines is 1. The summed E-state index contributed by atoms with van der Waals surface area (Å²) in [5, 5.41) is 8.32. The smallest absolute Gasteiger partial charge is 0.338 e. The molecule has 474 valence electrons. The summed E-state index contributed by atoms with van der Waals surface area (Å²) < 4.78 is 149. The maximum absolute atomic E-state index is 13.5. The summed E-state index contributed by atoms with van der Waals surface area (Å²) in [7, 11) is -14.8. The predicted molar refractivity (Wildman–Crippen MR) is 341 cm³/mol. The highest BCUT2D eigenvalue weighted by Crippen LogP contribution is 2.45. The number of ether oxygens (including phenoxy) is 2. The number of carbonyl (C=O) groups excluding carboxylic acids is 3. The molecule has 5 aromatic carbocycles. The summed E-state index contributed by atoms with van der Waals surface area (Å²) in [4.78, 5) is 40.6. The molecule has 0 aliphatic carbocycles. The fraction of sp³-hybridized carbons (Fsp3) is 0.355. The van der Waals surface area contributed by atoms with Crippen LogP contribution in [0, 0.1) is 0 Å². The molecule has 0 aromatic heterocycles. The van der Waals surface area contributed by atoms with Gasteiger partial charge in [-0.25, -0.2) is 4.79 Å². The standard InChI is InChI=1S/C62H75N4O17PS4/c1-61(34-19-41-85(70,71)72,33-17-7-6-15-25-57-62(2,35-20-42-86(73,74)75)53-45-50(88(79,80)81)29-32-55(53)66(57)39-40-82-4)52-44-49(87(76,77)78)28-31-54(52)65(3)38-18-10-16-26-58(67)63-36-37-64-59(68)46-27-30-51(60(69)83-5)56(43-46)84(47-21-11-8-12-22-47)48-23-13-9-14-24-48/h6-9,11-15,17,21-25,27-33,43-45H,10,16,18-20,26,34-42H2,1-5H3,(H5-,63,64,67,68,70,71,72,73,74,75,76,77,78,79,80,81)/p+1/b7-6+,25-15+,33-17-. The zero-order chi connectivity index (χ0) is 64.5. The molecular weight excluding hydrogens is 1230 g/mol. The summed E-state index contributed by atoms with van der Waals surface area (Å²) in [6.45, 7) is 4.81. The van der Waals surface area contributed by atoms with Gasteiger partial charge in [-0.2, -0.15) is 38.2 Å². The van der Waals surface area contributed by atoms with Gasteiger partial charge in [-0.1, -0.05) is 104 Å². The number of fused-ring (bicyclic) bond motifs is 1. The van der Waals surface area contributed by atoms with Crippen molar-refractivity contribution < 1.29 is 80.3 Å². The number of hydrogen-bond acceptors (Lipinski definition) is 14. The third-order valence-corrected chi connectivity index (χ3v) is 20.9. The highest BCUT2D eigenvalue weighted by atomic mass is 32.2. The molecule has 6 rings (SSSR count). The van der Waals surface area contributed by atoms with Crippen molar-refractivity contribution in [1.29, 1.82) is 0 Å². The van der Waals surface area contributed by atoms with E-state index in [0.717, 1.165) is 10.6 Å². The summed E-state index contributed by atoms with van der Waals surface area (Å²) in [6.07, 6.45) is 12.2. The minimum absolute atomic E-state index is 0.00848. The number of methoxy groups -OCH3 is 2. The molecule has 2 atom stereocenters. The molecular formula is C62H76N4O17PS4+. The first-order chi connectivity index (χ1) is 41.5. The third kappa shape index (κ3) is 19.6. The van der Waals surface area contributed by atoms with Crippen LogP contribution in [-0.2, 0) is 65.6 Å². The van der Waals surface area contributed by atoms with Gasteiger partial charge >= 0.3 is 5.97 Å². The molecule has 1 aliphatic heterocycles. The van der Waals surface area contributed by atoms with Crippen LogP contribution in [0.5, 0.6) is 0 Å². The van der Waals surface area contributed by atoms with E-state index in [1.165, 1.54) is 38.5 Å². The summed E-state index contributed by atoms with van der Waals surface area (Å²) >= 11 is 0. The van der Waals surface area contributed by atoms with Crippen molar-refractivity contribution in [2.45, 2.75) is 85.8 Å². The summed E-state index contributed by atoms with van der Waals surface area (Å²) in [5.74, 6) is -2.30. The van der Waals surface area contributed by atoms with Gasteiger partial charge in [0.25, 0.3) is 46.4 Å². The van der Waals surface area contributed by atoms with E-state index < -0.39 is 81.6 Å². The van der Waals surface area contributed by atoms with Crippen LogP contribution in [0.4, 0.5) is 11.4 Å². The molecule has 1 heterocycles. The monoisotopic (exact) mass is 1310 g/mol. The topological polar surface area (TPSA) is 317 Å². The Kier molecular flexibility index (Phi) is 24.9. The molecule has 2 unspecified atom stereocenters. The quantitative estimate of drug-likeness (QED) is 0.00602. The molecule has 0 saturated carbocycles. The van der Waals surface area contributed by atoms with Crippen molar-refractivity contribution in [1.82, 2.24) is 10.6 Å². The van der Waals surface area contributed by atoms with E-state index in [2.05, 4.69) is 10.6 Å².